The molecule has 0 bridgehead atoms. The summed E-state index contributed by atoms with van der Waals surface area (Å²) in [6, 6.07) is 13.2. The summed E-state index contributed by atoms with van der Waals surface area (Å²) in [6.07, 6.45) is 6.05. The second-order valence-electron chi connectivity index (χ2n) is 7.85. The third-order valence-corrected chi connectivity index (χ3v) is 6.65. The molecule has 7 heteroatoms. The number of hydrogen-bond donors (Lipinski definition) is 0. The van der Waals surface area contributed by atoms with E-state index in [-0.39, 0.29) is 11.5 Å². The second kappa shape index (κ2) is 13.7. The third kappa shape index (κ3) is 9.30. The molecule has 2 aromatic carbocycles. The molecule has 0 saturated heterocycles. The predicted octanol–water partition coefficient (Wildman–Crippen LogP) is 5.27. The van der Waals surface area contributed by atoms with Crippen molar-refractivity contribution in [2.24, 2.45) is 5.16 Å². The molecule has 180 valence electrons. The molecule has 0 radical (unpaired) electrons. The maximum Gasteiger partial charge on any atom is 0.156 e. The highest BCUT2D eigenvalue weighted by Crippen LogP contribution is 2.28. The van der Waals surface area contributed by atoms with Crippen LogP contribution in [0.5, 0.6) is 11.5 Å². The van der Waals surface area contributed by atoms with Crippen molar-refractivity contribution in [2.45, 2.75) is 40.0 Å². The van der Waals surface area contributed by atoms with Crippen LogP contribution < -0.4 is 9.47 Å². The molecule has 2 rings (SSSR count). The molecule has 2 aromatic rings. The molecule has 0 N–H and O–H groups in total. The lowest BCUT2D eigenvalue weighted by Crippen LogP contribution is -2.20. The molecular formula is C26H35NO5S. The van der Waals surface area contributed by atoms with E-state index in [0.717, 1.165) is 41.0 Å². The molecule has 0 amide bonds. The van der Waals surface area contributed by atoms with Crippen LogP contribution in [-0.2, 0) is 14.7 Å². The first kappa shape index (κ1) is 26.5. The van der Waals surface area contributed by atoms with E-state index in [1.165, 1.54) is 7.11 Å². The van der Waals surface area contributed by atoms with Gasteiger partial charge in [0.15, 0.2) is 9.84 Å². The van der Waals surface area contributed by atoms with Gasteiger partial charge >= 0.3 is 0 Å². The van der Waals surface area contributed by atoms with Crippen LogP contribution >= 0.6 is 0 Å². The van der Waals surface area contributed by atoms with Crippen LogP contribution in [0.4, 0.5) is 0 Å². The molecule has 0 saturated carbocycles. The Hall–Kier alpha value is -2.80. The molecule has 0 heterocycles. The van der Waals surface area contributed by atoms with Crippen LogP contribution in [-0.4, -0.2) is 46.0 Å². The summed E-state index contributed by atoms with van der Waals surface area (Å²) >= 11 is 0. The number of allylic oxidation sites excluding steroid dienone is 1. The van der Waals surface area contributed by atoms with Crippen LogP contribution in [0.1, 0.15) is 42.9 Å². The smallest absolute Gasteiger partial charge is 0.156 e. The Balaban J connectivity index is 1.78. The number of aryl methyl sites for hydroxylation is 2. The van der Waals surface area contributed by atoms with Gasteiger partial charge < -0.3 is 14.3 Å². The average molecular weight is 474 g/mol. The maximum atomic E-state index is 12.6. The fourth-order valence-electron chi connectivity index (χ4n) is 3.42. The van der Waals surface area contributed by atoms with Gasteiger partial charge in [-0.25, -0.2) is 8.42 Å². The molecule has 0 aliphatic carbocycles. The van der Waals surface area contributed by atoms with Gasteiger partial charge in [-0.05, 0) is 63.3 Å². The minimum Gasteiger partial charge on any atom is -0.493 e. The maximum absolute atomic E-state index is 12.6. The number of benzene rings is 2. The van der Waals surface area contributed by atoms with Crippen molar-refractivity contribution in [1.29, 1.82) is 0 Å². The fraction of sp³-hybridized carbons (Fsp3) is 0.423. The summed E-state index contributed by atoms with van der Waals surface area (Å²) in [4.78, 5) is 4.85. The van der Waals surface area contributed by atoms with E-state index in [1.54, 1.807) is 0 Å². The molecule has 0 aliphatic heterocycles. The highest BCUT2D eigenvalue weighted by Gasteiger charge is 2.17. The van der Waals surface area contributed by atoms with Crippen molar-refractivity contribution >= 4 is 15.5 Å². The van der Waals surface area contributed by atoms with Crippen molar-refractivity contribution < 1.29 is 22.7 Å². The van der Waals surface area contributed by atoms with Gasteiger partial charge in [-0.15, -0.1) is 0 Å². The van der Waals surface area contributed by atoms with E-state index >= 15 is 0 Å². The summed E-state index contributed by atoms with van der Waals surface area (Å²) in [7, 11) is -1.87. The van der Waals surface area contributed by atoms with Gasteiger partial charge in [0.2, 0.25) is 0 Å². The zero-order valence-corrected chi connectivity index (χ0v) is 20.9. The van der Waals surface area contributed by atoms with Gasteiger partial charge in [-0.2, -0.15) is 0 Å². The Morgan fingerprint density at radius 2 is 1.70 bits per heavy atom. The number of unbranched alkanes of at least 4 members (excludes halogenated alkanes) is 2. The largest absolute Gasteiger partial charge is 0.493 e. The number of rotatable bonds is 14. The second-order valence-corrected chi connectivity index (χ2v) is 10.0. The van der Waals surface area contributed by atoms with Crippen LogP contribution in [0, 0.1) is 13.8 Å². The van der Waals surface area contributed by atoms with Crippen LogP contribution in [0.15, 0.2) is 59.8 Å². The molecule has 6 nitrogen and oxygen atoms in total. The van der Waals surface area contributed by atoms with Crippen LogP contribution in [0.3, 0.4) is 0 Å². The Labute approximate surface area is 198 Å². The first-order chi connectivity index (χ1) is 15.9. The molecule has 33 heavy (non-hydrogen) atoms. The number of hydrogen-bond acceptors (Lipinski definition) is 6. The standard InChI is InChI=1S/C26H35NO5S/c1-5-6-15-31-24-18-21(2)26(22(3)19-24)32-16-11-8-12-17-33(28,29)20-25(27-30-4)23-13-9-7-10-14-23/h5-7,9-10,13-14,18-19H,8,11-12,15-17,20H2,1-4H3/b6-5+,27-25-. The molecule has 0 fully saturated rings. The van der Waals surface area contributed by atoms with E-state index in [1.807, 2.05) is 75.4 Å². The summed E-state index contributed by atoms with van der Waals surface area (Å²) in [5.41, 5.74) is 3.23. The highest BCUT2D eigenvalue weighted by atomic mass is 32.2. The Morgan fingerprint density at radius 1 is 1.00 bits per heavy atom. The minimum absolute atomic E-state index is 0.110. The lowest BCUT2D eigenvalue weighted by atomic mass is 10.1. The van der Waals surface area contributed by atoms with Gasteiger partial charge in [0, 0.05) is 5.56 Å². The van der Waals surface area contributed by atoms with E-state index < -0.39 is 9.84 Å². The lowest BCUT2D eigenvalue weighted by Gasteiger charge is -2.14. The van der Waals surface area contributed by atoms with Crippen molar-refractivity contribution in [3.05, 3.63) is 71.3 Å². The number of sulfone groups is 1. The van der Waals surface area contributed by atoms with E-state index in [2.05, 4.69) is 5.16 Å². The fourth-order valence-corrected chi connectivity index (χ4v) is 4.85. The van der Waals surface area contributed by atoms with Gasteiger partial charge in [-0.1, -0.05) is 47.6 Å². The molecule has 0 atom stereocenters. The van der Waals surface area contributed by atoms with Crippen molar-refractivity contribution in [2.75, 3.05) is 31.8 Å². The average Bonchev–Trinajstić information content (AvgIpc) is 2.78. The van der Waals surface area contributed by atoms with Gasteiger partial charge in [0.1, 0.15) is 30.9 Å². The summed E-state index contributed by atoms with van der Waals surface area (Å²) in [6.45, 7) is 7.06. The highest BCUT2D eigenvalue weighted by molar-refractivity contribution is 7.92. The topological polar surface area (TPSA) is 74.2 Å². The van der Waals surface area contributed by atoms with E-state index in [9.17, 15) is 8.42 Å². The first-order valence-electron chi connectivity index (χ1n) is 11.2. The Bertz CT molecular complexity index is 1010. The van der Waals surface area contributed by atoms with Crippen molar-refractivity contribution in [3.63, 3.8) is 0 Å². The molecule has 0 spiro atoms. The molecule has 0 aliphatic rings. The predicted molar refractivity (Wildman–Crippen MR) is 134 cm³/mol. The Morgan fingerprint density at radius 3 is 2.33 bits per heavy atom. The number of ether oxygens (including phenoxy) is 2. The van der Waals surface area contributed by atoms with E-state index in [0.29, 0.717) is 25.3 Å². The zero-order chi connectivity index (χ0) is 24.1. The molecule has 0 aromatic heterocycles. The molecular weight excluding hydrogens is 438 g/mol. The monoisotopic (exact) mass is 473 g/mol. The third-order valence-electron chi connectivity index (χ3n) is 5.03. The van der Waals surface area contributed by atoms with Crippen molar-refractivity contribution in [1.82, 2.24) is 0 Å². The summed E-state index contributed by atoms with van der Waals surface area (Å²) in [5, 5.41) is 3.92. The first-order valence-corrected chi connectivity index (χ1v) is 13.0. The summed E-state index contributed by atoms with van der Waals surface area (Å²) in [5.74, 6) is 1.66. The Kier molecular flexibility index (Phi) is 11.0. The zero-order valence-electron chi connectivity index (χ0n) is 20.0. The SMILES string of the molecule is C/C=C/COc1cc(C)c(OCCCCCS(=O)(=O)C/C(=N/OC)c2ccccc2)c(C)c1. The number of oxime groups is 1. The molecule has 0 unspecified atom stereocenters. The normalized spacial score (nSPS) is 12.2. The number of nitrogens with zero attached hydrogens (tertiary/aromatic N) is 1. The van der Waals surface area contributed by atoms with Crippen molar-refractivity contribution in [3.8, 4) is 11.5 Å². The van der Waals surface area contributed by atoms with Gasteiger partial charge in [-0.3, -0.25) is 0 Å². The van der Waals surface area contributed by atoms with Crippen LogP contribution in [0.25, 0.3) is 0 Å². The quantitative estimate of drug-likeness (QED) is 0.162. The van der Waals surface area contributed by atoms with Gasteiger partial charge in [0.05, 0.1) is 18.1 Å². The summed E-state index contributed by atoms with van der Waals surface area (Å²) < 4.78 is 36.8. The lowest BCUT2D eigenvalue weighted by molar-refractivity contribution is 0.213. The minimum atomic E-state index is -3.29. The van der Waals surface area contributed by atoms with E-state index in [4.69, 9.17) is 14.3 Å². The van der Waals surface area contributed by atoms with Gasteiger partial charge in [0.25, 0.3) is 0 Å². The van der Waals surface area contributed by atoms with Crippen LogP contribution in [0.2, 0.25) is 0 Å².